The third kappa shape index (κ3) is 52.2. The molecule has 0 aromatic rings. The normalized spacial score (nSPS) is 10.9. The van der Waals surface area contributed by atoms with Gasteiger partial charge < -0.3 is 15.3 Å². The average Bonchev–Trinajstić information content (AvgIpc) is 2.99. The van der Waals surface area contributed by atoms with E-state index >= 15 is 0 Å². The predicted octanol–water partition coefficient (Wildman–Crippen LogP) is 10.6. The Morgan fingerprint density at radius 2 is 0.395 bits per heavy atom. The van der Waals surface area contributed by atoms with Crippen molar-refractivity contribution in [1.82, 2.24) is 0 Å². The monoisotopic (exact) mass is 625 g/mol. The van der Waals surface area contributed by atoms with Gasteiger partial charge in [-0.1, -0.05) is 234 Å². The molecule has 0 aromatic heterocycles. The predicted molar refractivity (Wildman–Crippen MR) is 190 cm³/mol. The Balaban J connectivity index is -0.000000262. The van der Waals surface area contributed by atoms with Crippen LogP contribution in [0.1, 0.15) is 234 Å². The molecule has 0 N–H and O–H groups in total. The minimum Gasteiger partial charge on any atom is -0.852 e. The van der Waals surface area contributed by atoms with E-state index in [1.165, 1.54) is 116 Å². The van der Waals surface area contributed by atoms with Crippen molar-refractivity contribution >= 4 is 17.4 Å². The summed E-state index contributed by atoms with van der Waals surface area (Å²) in [5.41, 5.74) is 0. The van der Waals surface area contributed by atoms with Crippen molar-refractivity contribution in [3.05, 3.63) is 0 Å². The minimum atomic E-state index is -0.274. The summed E-state index contributed by atoms with van der Waals surface area (Å²) in [6.45, 7) is 13.2. The first-order valence-electron chi connectivity index (χ1n) is 19.4. The van der Waals surface area contributed by atoms with Crippen LogP contribution in [0, 0.1) is 0 Å². The van der Waals surface area contributed by atoms with Crippen molar-refractivity contribution < 1.29 is 15.3 Å². The second kappa shape index (κ2) is 46.8. The molecule has 258 valence electrons. The maximum atomic E-state index is 11.5. The van der Waals surface area contributed by atoms with E-state index in [0.29, 0.717) is 0 Å². The number of hydrogen-bond acceptors (Lipinski definition) is 3. The zero-order chi connectivity index (χ0) is 31.9. The van der Waals surface area contributed by atoms with E-state index in [9.17, 15) is 15.3 Å². The van der Waals surface area contributed by atoms with Crippen LogP contribution < -0.4 is 15.3 Å². The van der Waals surface area contributed by atoms with E-state index in [1.807, 2.05) is 0 Å². The molecule has 43 heavy (non-hydrogen) atoms. The molecule has 0 heterocycles. The number of unbranched alkanes of at least 4 members (excludes halogenated alkanes) is 18. The number of rotatable bonds is 30. The summed E-state index contributed by atoms with van der Waals surface area (Å²) in [5.74, 6) is 0. The SMILES string of the molecule is CCCCCCC([O-])CCCCCC.CCCCCCC([O-])CCCCCC.CCCCCCC([O-])CCCCCC.[Al+3]. The topological polar surface area (TPSA) is 69.2 Å². The molecule has 0 rings (SSSR count). The Hall–Kier alpha value is 0.412. The fourth-order valence-corrected chi connectivity index (χ4v) is 5.23. The van der Waals surface area contributed by atoms with Crippen LogP contribution in [0.2, 0.25) is 0 Å². The van der Waals surface area contributed by atoms with Crippen LogP contribution in [0.3, 0.4) is 0 Å². The second-order valence-electron chi connectivity index (χ2n) is 13.0. The van der Waals surface area contributed by atoms with Gasteiger partial charge >= 0.3 is 17.4 Å². The van der Waals surface area contributed by atoms with Gasteiger partial charge in [0.1, 0.15) is 0 Å². The van der Waals surface area contributed by atoms with Crippen LogP contribution in [0.4, 0.5) is 0 Å². The van der Waals surface area contributed by atoms with Crippen molar-refractivity contribution in [2.24, 2.45) is 0 Å². The van der Waals surface area contributed by atoms with Gasteiger partial charge in [0.05, 0.1) is 0 Å². The fourth-order valence-electron chi connectivity index (χ4n) is 5.23. The van der Waals surface area contributed by atoms with Gasteiger partial charge in [0.25, 0.3) is 0 Å². The van der Waals surface area contributed by atoms with Gasteiger partial charge in [0.15, 0.2) is 0 Å². The summed E-state index contributed by atoms with van der Waals surface area (Å²) in [5, 5.41) is 34.4. The molecule has 0 saturated heterocycles. The van der Waals surface area contributed by atoms with Gasteiger partial charge in [0, 0.05) is 0 Å². The molecule has 0 saturated carbocycles. The first-order valence-corrected chi connectivity index (χ1v) is 19.4. The Morgan fingerprint density at radius 3 is 0.512 bits per heavy atom. The first kappa shape index (κ1) is 50.3. The van der Waals surface area contributed by atoms with Crippen LogP contribution in [0.25, 0.3) is 0 Å². The molecule has 0 atom stereocenters. The third-order valence-corrected chi connectivity index (χ3v) is 8.28. The number of hydrogen-bond donors (Lipinski definition) is 0. The smallest absolute Gasteiger partial charge is 0.852 e. The van der Waals surface area contributed by atoms with E-state index in [4.69, 9.17) is 0 Å². The maximum Gasteiger partial charge on any atom is 3.00 e. The average molecular weight is 625 g/mol. The summed E-state index contributed by atoms with van der Waals surface area (Å²) in [6.07, 6.45) is 34.4. The molecule has 0 aliphatic heterocycles. The van der Waals surface area contributed by atoms with Crippen LogP contribution in [0.5, 0.6) is 0 Å². The Kier molecular flexibility index (Phi) is 54.7. The first-order chi connectivity index (χ1) is 20.4. The van der Waals surface area contributed by atoms with Crippen molar-refractivity contribution in [1.29, 1.82) is 0 Å². The zero-order valence-electron chi connectivity index (χ0n) is 30.7. The molecular weight excluding hydrogens is 543 g/mol. The Labute approximate surface area is 284 Å². The van der Waals surface area contributed by atoms with Gasteiger partial charge in [-0.15, -0.1) is 18.3 Å². The quantitative estimate of drug-likeness (QED) is 0.0590. The van der Waals surface area contributed by atoms with Crippen LogP contribution in [-0.2, 0) is 0 Å². The molecule has 0 radical (unpaired) electrons. The van der Waals surface area contributed by atoms with Gasteiger partial charge in [-0.25, -0.2) is 0 Å². The Bertz CT molecular complexity index is 337. The Morgan fingerprint density at radius 1 is 0.256 bits per heavy atom. The molecule has 0 aliphatic carbocycles. The maximum absolute atomic E-state index is 11.5. The minimum absolute atomic E-state index is 0. The summed E-state index contributed by atoms with van der Waals surface area (Å²) < 4.78 is 0. The van der Waals surface area contributed by atoms with Crippen molar-refractivity contribution in [3.8, 4) is 0 Å². The van der Waals surface area contributed by atoms with Crippen molar-refractivity contribution in [2.45, 2.75) is 252 Å². The largest absolute Gasteiger partial charge is 3.00 e. The summed E-state index contributed by atoms with van der Waals surface area (Å²) in [4.78, 5) is 0. The van der Waals surface area contributed by atoms with Gasteiger partial charge in [-0.05, 0) is 0 Å². The van der Waals surface area contributed by atoms with Crippen molar-refractivity contribution in [3.63, 3.8) is 0 Å². The van der Waals surface area contributed by atoms with Crippen LogP contribution in [-0.4, -0.2) is 35.7 Å². The van der Waals surface area contributed by atoms with Gasteiger partial charge in [0.2, 0.25) is 0 Å². The molecular formula is C39H81AlO3. The molecule has 3 nitrogen and oxygen atoms in total. The molecule has 0 spiro atoms. The fraction of sp³-hybridized carbons (Fsp3) is 1.00. The third-order valence-electron chi connectivity index (χ3n) is 8.28. The molecule has 4 heteroatoms. The molecule has 0 bridgehead atoms. The molecule has 0 aromatic carbocycles. The molecule has 0 unspecified atom stereocenters. The summed E-state index contributed by atoms with van der Waals surface area (Å²) in [7, 11) is 0. The van der Waals surface area contributed by atoms with Crippen LogP contribution in [0.15, 0.2) is 0 Å². The summed E-state index contributed by atoms with van der Waals surface area (Å²) in [6, 6.07) is 0. The van der Waals surface area contributed by atoms with E-state index in [0.717, 1.165) is 77.0 Å². The zero-order valence-corrected chi connectivity index (χ0v) is 31.9. The van der Waals surface area contributed by atoms with E-state index < -0.39 is 0 Å². The van der Waals surface area contributed by atoms with Gasteiger partial charge in [-0.3, -0.25) is 0 Å². The van der Waals surface area contributed by atoms with E-state index in [2.05, 4.69) is 41.5 Å². The second-order valence-corrected chi connectivity index (χ2v) is 13.0. The summed E-state index contributed by atoms with van der Waals surface area (Å²) >= 11 is 0. The van der Waals surface area contributed by atoms with Gasteiger partial charge in [-0.2, -0.15) is 0 Å². The van der Waals surface area contributed by atoms with Crippen molar-refractivity contribution in [2.75, 3.05) is 0 Å². The molecule has 0 aliphatic rings. The molecule has 0 fully saturated rings. The standard InChI is InChI=1S/3C13H27O.Al/c3*1-3-5-7-9-11-13(14)12-10-8-6-4-2;/h3*13H,3-12H2,1-2H3;/q3*-1;+3. The molecule has 0 amide bonds. The van der Waals surface area contributed by atoms with E-state index in [1.54, 1.807) is 0 Å². The van der Waals surface area contributed by atoms with E-state index in [-0.39, 0.29) is 35.7 Å². The van der Waals surface area contributed by atoms with Crippen LogP contribution >= 0.6 is 0 Å².